The molecule has 7 nitrogen and oxygen atoms in total. The van der Waals surface area contributed by atoms with Gasteiger partial charge in [0.25, 0.3) is 0 Å². The molecule has 0 fully saturated rings. The molecule has 0 spiro atoms. The molecular formula is C18H27N5O2. The van der Waals surface area contributed by atoms with Crippen molar-refractivity contribution in [3.05, 3.63) is 24.3 Å². The highest BCUT2D eigenvalue weighted by Crippen LogP contribution is 2.19. The molecule has 0 unspecified atom stereocenters. The Kier molecular flexibility index (Phi) is 7.37. The second-order valence-electron chi connectivity index (χ2n) is 6.19. The highest BCUT2D eigenvalue weighted by Gasteiger charge is 2.12. The van der Waals surface area contributed by atoms with Gasteiger partial charge in [0, 0.05) is 11.6 Å². The van der Waals surface area contributed by atoms with Gasteiger partial charge in [0.15, 0.2) is 0 Å². The second kappa shape index (κ2) is 9.76. The third-order valence-corrected chi connectivity index (χ3v) is 3.96. The largest absolute Gasteiger partial charge is 0.497 e. The minimum Gasteiger partial charge on any atom is -0.497 e. The zero-order chi connectivity index (χ0) is 18.1. The summed E-state index contributed by atoms with van der Waals surface area (Å²) in [7, 11) is 1.61. The first-order valence-corrected chi connectivity index (χ1v) is 8.84. The number of amides is 1. The summed E-state index contributed by atoms with van der Waals surface area (Å²) >= 11 is 0. The van der Waals surface area contributed by atoms with E-state index >= 15 is 0 Å². The van der Waals surface area contributed by atoms with Gasteiger partial charge in [0.1, 0.15) is 12.3 Å². The van der Waals surface area contributed by atoms with Gasteiger partial charge in [-0.2, -0.15) is 4.80 Å². The van der Waals surface area contributed by atoms with E-state index in [9.17, 15) is 4.79 Å². The average molecular weight is 345 g/mol. The molecule has 0 radical (unpaired) electrons. The highest BCUT2D eigenvalue weighted by atomic mass is 16.5. The molecule has 25 heavy (non-hydrogen) atoms. The number of ether oxygens (including phenoxy) is 1. The molecule has 2 aromatic rings. The van der Waals surface area contributed by atoms with E-state index in [-0.39, 0.29) is 18.5 Å². The number of methoxy groups -OCH3 is 1. The number of rotatable bonds is 10. The summed E-state index contributed by atoms with van der Waals surface area (Å²) in [5, 5.41) is 15.2. The summed E-state index contributed by atoms with van der Waals surface area (Å²) in [5.74, 6) is 1.10. The minimum absolute atomic E-state index is 0.0657. The number of nitrogens with zero attached hydrogens (tertiary/aromatic N) is 4. The molecular weight excluding hydrogens is 318 g/mol. The number of carbonyl (C=O) groups is 1. The van der Waals surface area contributed by atoms with Crippen LogP contribution in [0.1, 0.15) is 46.0 Å². The Morgan fingerprint density at radius 2 is 2.16 bits per heavy atom. The Hall–Kier alpha value is -2.44. The number of aromatic nitrogens is 4. The standard InChI is InChI=1S/C18H27N5O2/c1-4-5-6-7-9-14(2)19-17(24)13-23-21-18(20-22-23)15-10-8-11-16(12-15)25-3/h8,10-12,14H,4-7,9,13H2,1-3H3,(H,19,24)/t14-/m0/s1. The molecule has 2 rings (SSSR count). The quantitative estimate of drug-likeness (QED) is 0.670. The van der Waals surface area contributed by atoms with Crippen molar-refractivity contribution >= 4 is 5.91 Å². The molecule has 1 atom stereocenters. The number of nitrogens with one attached hydrogen (secondary N) is 1. The number of benzene rings is 1. The molecule has 0 saturated heterocycles. The van der Waals surface area contributed by atoms with Gasteiger partial charge in [-0.15, -0.1) is 10.2 Å². The number of hydrogen-bond donors (Lipinski definition) is 1. The summed E-state index contributed by atoms with van der Waals surface area (Å²) in [5.41, 5.74) is 0.801. The summed E-state index contributed by atoms with van der Waals surface area (Å²) < 4.78 is 5.19. The van der Waals surface area contributed by atoms with Gasteiger partial charge >= 0.3 is 0 Å². The molecule has 1 aromatic carbocycles. The van der Waals surface area contributed by atoms with Crippen LogP contribution in [0.4, 0.5) is 0 Å². The van der Waals surface area contributed by atoms with Crippen LogP contribution in [0.3, 0.4) is 0 Å². The lowest BCUT2D eigenvalue weighted by molar-refractivity contribution is -0.122. The van der Waals surface area contributed by atoms with Gasteiger partial charge in [0.2, 0.25) is 11.7 Å². The maximum Gasteiger partial charge on any atom is 0.243 e. The Balaban J connectivity index is 1.84. The Labute approximate surface area is 148 Å². The second-order valence-corrected chi connectivity index (χ2v) is 6.19. The van der Waals surface area contributed by atoms with E-state index in [1.165, 1.54) is 24.1 Å². The SMILES string of the molecule is CCCCCC[C@H](C)NC(=O)Cn1nnc(-c2cccc(OC)c2)n1. The fourth-order valence-electron chi connectivity index (χ4n) is 2.59. The fourth-order valence-corrected chi connectivity index (χ4v) is 2.59. The van der Waals surface area contributed by atoms with Gasteiger partial charge in [0.05, 0.1) is 7.11 Å². The third-order valence-electron chi connectivity index (χ3n) is 3.96. The zero-order valence-corrected chi connectivity index (χ0v) is 15.2. The van der Waals surface area contributed by atoms with Crippen LogP contribution in [-0.4, -0.2) is 39.3 Å². The minimum atomic E-state index is -0.0995. The first kappa shape index (κ1) is 18.9. The first-order chi connectivity index (χ1) is 12.1. The summed E-state index contributed by atoms with van der Waals surface area (Å²) in [4.78, 5) is 13.4. The van der Waals surface area contributed by atoms with Crippen LogP contribution in [0, 0.1) is 0 Å². The molecule has 0 aliphatic heterocycles. The van der Waals surface area contributed by atoms with Crippen LogP contribution in [0.5, 0.6) is 5.75 Å². The molecule has 1 aromatic heterocycles. The van der Waals surface area contributed by atoms with E-state index in [2.05, 4.69) is 27.7 Å². The summed E-state index contributed by atoms with van der Waals surface area (Å²) in [6, 6.07) is 7.58. The molecule has 0 aliphatic rings. The molecule has 136 valence electrons. The normalized spacial score (nSPS) is 12.0. The smallest absolute Gasteiger partial charge is 0.243 e. The number of carbonyl (C=O) groups excluding carboxylic acids is 1. The Bertz CT molecular complexity index is 671. The highest BCUT2D eigenvalue weighted by molar-refractivity contribution is 5.75. The Morgan fingerprint density at radius 3 is 2.92 bits per heavy atom. The van der Waals surface area contributed by atoms with E-state index in [1.807, 2.05) is 31.2 Å². The Morgan fingerprint density at radius 1 is 1.32 bits per heavy atom. The zero-order valence-electron chi connectivity index (χ0n) is 15.2. The van der Waals surface area contributed by atoms with Crippen molar-refractivity contribution in [2.24, 2.45) is 0 Å². The third kappa shape index (κ3) is 6.17. The molecule has 7 heteroatoms. The van der Waals surface area contributed by atoms with Crippen molar-refractivity contribution in [1.29, 1.82) is 0 Å². The van der Waals surface area contributed by atoms with Crippen LogP contribution < -0.4 is 10.1 Å². The molecule has 1 amide bonds. The molecule has 0 aliphatic carbocycles. The summed E-state index contributed by atoms with van der Waals surface area (Å²) in [6.07, 6.45) is 5.80. The topological polar surface area (TPSA) is 81.9 Å². The molecule has 1 N–H and O–H groups in total. The number of tetrazole rings is 1. The molecule has 0 bridgehead atoms. The van der Waals surface area contributed by atoms with Crippen molar-refractivity contribution in [3.63, 3.8) is 0 Å². The lowest BCUT2D eigenvalue weighted by atomic mass is 10.1. The van der Waals surface area contributed by atoms with Crippen LogP contribution >= 0.6 is 0 Å². The maximum atomic E-state index is 12.1. The van der Waals surface area contributed by atoms with E-state index in [1.54, 1.807) is 7.11 Å². The van der Waals surface area contributed by atoms with Gasteiger partial charge < -0.3 is 10.1 Å². The lowest BCUT2D eigenvalue weighted by Crippen LogP contribution is -2.35. The number of unbranched alkanes of at least 4 members (excludes halogenated alkanes) is 3. The van der Waals surface area contributed by atoms with Crippen LogP contribution in [0.25, 0.3) is 11.4 Å². The van der Waals surface area contributed by atoms with E-state index in [4.69, 9.17) is 4.74 Å². The molecule has 1 heterocycles. The van der Waals surface area contributed by atoms with E-state index < -0.39 is 0 Å². The monoisotopic (exact) mass is 345 g/mol. The van der Waals surface area contributed by atoms with Crippen LogP contribution in [-0.2, 0) is 11.3 Å². The van der Waals surface area contributed by atoms with Gasteiger partial charge in [-0.25, -0.2) is 0 Å². The van der Waals surface area contributed by atoms with Crippen molar-refractivity contribution < 1.29 is 9.53 Å². The fraction of sp³-hybridized carbons (Fsp3) is 0.556. The van der Waals surface area contributed by atoms with E-state index in [0.29, 0.717) is 5.82 Å². The predicted molar refractivity (Wildman–Crippen MR) is 96.2 cm³/mol. The number of hydrogen-bond acceptors (Lipinski definition) is 5. The van der Waals surface area contributed by atoms with Gasteiger partial charge in [-0.05, 0) is 30.7 Å². The van der Waals surface area contributed by atoms with E-state index in [0.717, 1.165) is 24.2 Å². The van der Waals surface area contributed by atoms with Crippen molar-refractivity contribution in [2.45, 2.75) is 58.5 Å². The lowest BCUT2D eigenvalue weighted by Gasteiger charge is -2.13. The first-order valence-electron chi connectivity index (χ1n) is 8.84. The van der Waals surface area contributed by atoms with Crippen molar-refractivity contribution in [2.75, 3.05) is 7.11 Å². The molecule has 0 saturated carbocycles. The van der Waals surface area contributed by atoms with Crippen LogP contribution in [0.15, 0.2) is 24.3 Å². The van der Waals surface area contributed by atoms with Crippen molar-refractivity contribution in [1.82, 2.24) is 25.5 Å². The maximum absolute atomic E-state index is 12.1. The average Bonchev–Trinajstić information content (AvgIpc) is 3.07. The summed E-state index contributed by atoms with van der Waals surface area (Å²) in [6.45, 7) is 4.28. The van der Waals surface area contributed by atoms with Crippen LogP contribution in [0.2, 0.25) is 0 Å². The van der Waals surface area contributed by atoms with Crippen molar-refractivity contribution in [3.8, 4) is 17.1 Å². The predicted octanol–water partition coefficient (Wildman–Crippen LogP) is 2.82. The van der Waals surface area contributed by atoms with Gasteiger partial charge in [-0.1, -0.05) is 44.7 Å². The van der Waals surface area contributed by atoms with Gasteiger partial charge in [-0.3, -0.25) is 4.79 Å².